The molecule has 0 heterocycles. The summed E-state index contributed by atoms with van der Waals surface area (Å²) in [5.74, 6) is 0.903. The van der Waals surface area contributed by atoms with E-state index < -0.39 is 0 Å². The highest BCUT2D eigenvalue weighted by Crippen LogP contribution is 2.22. The molecule has 0 amide bonds. The van der Waals surface area contributed by atoms with Crippen LogP contribution in [0.5, 0.6) is 5.75 Å². The zero-order valence-corrected chi connectivity index (χ0v) is 10.8. The molecular weight excluding hydrogens is 198 g/mol. The number of hydrogen-bond acceptors (Lipinski definition) is 2. The lowest BCUT2D eigenvalue weighted by Gasteiger charge is -2.21. The van der Waals surface area contributed by atoms with Crippen LogP contribution in [-0.2, 0) is 0 Å². The summed E-state index contributed by atoms with van der Waals surface area (Å²) in [6.45, 7) is 8.29. The van der Waals surface area contributed by atoms with E-state index in [0.29, 0.717) is 0 Å². The fourth-order valence-corrected chi connectivity index (χ4v) is 1.61. The van der Waals surface area contributed by atoms with Gasteiger partial charge in [0.1, 0.15) is 11.4 Å². The molecule has 1 aromatic rings. The van der Waals surface area contributed by atoms with Crippen molar-refractivity contribution in [2.75, 3.05) is 0 Å². The van der Waals surface area contributed by atoms with E-state index in [-0.39, 0.29) is 11.6 Å². The first-order valence-electron chi connectivity index (χ1n) is 5.97. The topological polar surface area (TPSA) is 35.2 Å². The lowest BCUT2D eigenvalue weighted by molar-refractivity contribution is 0.131. The van der Waals surface area contributed by atoms with Crippen molar-refractivity contribution in [2.24, 2.45) is 5.73 Å². The Kier molecular flexibility index (Phi) is 4.36. The highest BCUT2D eigenvalue weighted by Gasteiger charge is 2.12. The molecule has 0 saturated heterocycles. The van der Waals surface area contributed by atoms with Crippen molar-refractivity contribution in [3.05, 3.63) is 29.8 Å². The Morgan fingerprint density at radius 2 is 1.75 bits per heavy atom. The van der Waals surface area contributed by atoms with Gasteiger partial charge in [-0.1, -0.05) is 25.5 Å². The van der Waals surface area contributed by atoms with Crippen LogP contribution >= 0.6 is 0 Å². The maximum Gasteiger partial charge on any atom is 0.120 e. The molecule has 0 aliphatic rings. The van der Waals surface area contributed by atoms with E-state index >= 15 is 0 Å². The molecule has 1 atom stereocenters. The van der Waals surface area contributed by atoms with Crippen molar-refractivity contribution in [1.82, 2.24) is 0 Å². The highest BCUT2D eigenvalue weighted by atomic mass is 16.5. The number of ether oxygens (including phenoxy) is 1. The predicted molar refractivity (Wildman–Crippen MR) is 68.7 cm³/mol. The minimum atomic E-state index is -0.146. The van der Waals surface area contributed by atoms with Gasteiger partial charge in [-0.15, -0.1) is 0 Å². The maximum atomic E-state index is 6.04. The van der Waals surface area contributed by atoms with Crippen LogP contribution < -0.4 is 10.5 Å². The molecule has 0 bridgehead atoms. The average molecular weight is 221 g/mol. The van der Waals surface area contributed by atoms with E-state index in [1.807, 2.05) is 32.9 Å². The molecule has 0 saturated carbocycles. The molecule has 1 aromatic carbocycles. The zero-order valence-electron chi connectivity index (χ0n) is 10.8. The van der Waals surface area contributed by atoms with Crippen LogP contribution in [0.4, 0.5) is 0 Å². The summed E-state index contributed by atoms with van der Waals surface area (Å²) in [7, 11) is 0. The summed E-state index contributed by atoms with van der Waals surface area (Å²) in [5, 5.41) is 0. The molecule has 0 spiro atoms. The van der Waals surface area contributed by atoms with Crippen molar-refractivity contribution in [1.29, 1.82) is 0 Å². The molecule has 90 valence electrons. The summed E-state index contributed by atoms with van der Waals surface area (Å²) in [5.41, 5.74) is 7.08. The van der Waals surface area contributed by atoms with Gasteiger partial charge in [0, 0.05) is 6.04 Å². The van der Waals surface area contributed by atoms with E-state index in [0.717, 1.165) is 18.6 Å². The minimum absolute atomic E-state index is 0.146. The first-order chi connectivity index (χ1) is 7.42. The second kappa shape index (κ2) is 5.35. The summed E-state index contributed by atoms with van der Waals surface area (Å²) < 4.78 is 5.76. The Labute approximate surface area is 98.8 Å². The van der Waals surface area contributed by atoms with Gasteiger partial charge in [-0.2, -0.15) is 0 Å². The van der Waals surface area contributed by atoms with Crippen molar-refractivity contribution >= 4 is 0 Å². The van der Waals surface area contributed by atoms with Gasteiger partial charge in [-0.05, 0) is 44.9 Å². The van der Waals surface area contributed by atoms with Crippen LogP contribution in [0.3, 0.4) is 0 Å². The van der Waals surface area contributed by atoms with Gasteiger partial charge in [0.2, 0.25) is 0 Å². The van der Waals surface area contributed by atoms with Gasteiger partial charge in [0.25, 0.3) is 0 Å². The minimum Gasteiger partial charge on any atom is -0.488 e. The molecule has 16 heavy (non-hydrogen) atoms. The second-order valence-electron chi connectivity index (χ2n) is 5.18. The van der Waals surface area contributed by atoms with Gasteiger partial charge in [-0.3, -0.25) is 0 Å². The Balaban J connectivity index is 2.68. The summed E-state index contributed by atoms with van der Waals surface area (Å²) in [6.07, 6.45) is 2.14. The average Bonchev–Trinajstić information content (AvgIpc) is 2.16. The Hall–Kier alpha value is -1.02. The fourth-order valence-electron chi connectivity index (χ4n) is 1.61. The lowest BCUT2D eigenvalue weighted by Crippen LogP contribution is -2.22. The van der Waals surface area contributed by atoms with Crippen LogP contribution in [0.25, 0.3) is 0 Å². The highest BCUT2D eigenvalue weighted by molar-refractivity contribution is 5.29. The molecule has 1 rings (SSSR count). The fraction of sp³-hybridized carbons (Fsp3) is 0.571. The quantitative estimate of drug-likeness (QED) is 0.842. The van der Waals surface area contributed by atoms with Crippen molar-refractivity contribution < 1.29 is 4.74 Å². The van der Waals surface area contributed by atoms with Crippen molar-refractivity contribution in [2.45, 2.75) is 52.2 Å². The molecular formula is C14H23NO. The van der Waals surface area contributed by atoms with Crippen LogP contribution in [-0.4, -0.2) is 5.60 Å². The third kappa shape index (κ3) is 4.23. The first-order valence-corrected chi connectivity index (χ1v) is 5.97. The smallest absolute Gasteiger partial charge is 0.120 e. The van der Waals surface area contributed by atoms with E-state index in [2.05, 4.69) is 19.1 Å². The van der Waals surface area contributed by atoms with Crippen molar-refractivity contribution in [3.8, 4) is 5.75 Å². The van der Waals surface area contributed by atoms with E-state index in [9.17, 15) is 0 Å². The van der Waals surface area contributed by atoms with Crippen LogP contribution in [0.1, 0.15) is 52.1 Å². The molecule has 2 N–H and O–H groups in total. The van der Waals surface area contributed by atoms with E-state index in [1.165, 1.54) is 5.56 Å². The maximum absolute atomic E-state index is 6.04. The predicted octanol–water partition coefficient (Wildman–Crippen LogP) is 3.66. The van der Waals surface area contributed by atoms with E-state index in [1.54, 1.807) is 0 Å². The summed E-state index contributed by atoms with van der Waals surface area (Å²) in [6, 6.07) is 8.25. The number of nitrogens with two attached hydrogens (primary N) is 1. The Bertz CT molecular complexity index is 311. The summed E-state index contributed by atoms with van der Waals surface area (Å²) >= 11 is 0. The molecule has 0 aliphatic carbocycles. The standard InChI is InChI=1S/C14H23NO/c1-5-6-13(15)11-7-9-12(10-8-11)16-14(2,3)4/h7-10,13H,5-6,15H2,1-4H3/t13-/m1/s1. The largest absolute Gasteiger partial charge is 0.488 e. The molecule has 0 radical (unpaired) electrons. The first kappa shape index (κ1) is 13.0. The second-order valence-corrected chi connectivity index (χ2v) is 5.18. The molecule has 0 aliphatic heterocycles. The third-order valence-corrected chi connectivity index (χ3v) is 2.33. The molecule has 0 unspecified atom stereocenters. The molecule has 0 aromatic heterocycles. The molecule has 2 heteroatoms. The Morgan fingerprint density at radius 1 is 1.19 bits per heavy atom. The zero-order chi connectivity index (χ0) is 12.2. The SMILES string of the molecule is CCC[C@@H](N)c1ccc(OC(C)(C)C)cc1. The van der Waals surface area contributed by atoms with Crippen LogP contribution in [0, 0.1) is 0 Å². The number of benzene rings is 1. The van der Waals surface area contributed by atoms with Gasteiger partial charge < -0.3 is 10.5 Å². The number of hydrogen-bond donors (Lipinski definition) is 1. The number of rotatable bonds is 4. The third-order valence-electron chi connectivity index (χ3n) is 2.33. The van der Waals surface area contributed by atoms with Crippen molar-refractivity contribution in [3.63, 3.8) is 0 Å². The Morgan fingerprint density at radius 3 is 2.19 bits per heavy atom. The normalized spacial score (nSPS) is 13.6. The molecule has 2 nitrogen and oxygen atoms in total. The van der Waals surface area contributed by atoms with Gasteiger partial charge in [-0.25, -0.2) is 0 Å². The van der Waals surface area contributed by atoms with Gasteiger partial charge >= 0.3 is 0 Å². The van der Waals surface area contributed by atoms with Crippen LogP contribution in [0.15, 0.2) is 24.3 Å². The van der Waals surface area contributed by atoms with Gasteiger partial charge in [0.15, 0.2) is 0 Å². The summed E-state index contributed by atoms with van der Waals surface area (Å²) in [4.78, 5) is 0. The van der Waals surface area contributed by atoms with Crippen LogP contribution in [0.2, 0.25) is 0 Å². The van der Waals surface area contributed by atoms with E-state index in [4.69, 9.17) is 10.5 Å². The monoisotopic (exact) mass is 221 g/mol. The van der Waals surface area contributed by atoms with Gasteiger partial charge in [0.05, 0.1) is 0 Å². The molecule has 0 fully saturated rings. The lowest BCUT2D eigenvalue weighted by atomic mass is 10.0.